The van der Waals surface area contributed by atoms with E-state index in [0.29, 0.717) is 0 Å². The minimum Gasteiger partial charge on any atom is -0.335 e. The van der Waals surface area contributed by atoms with Crippen LogP contribution in [0.2, 0.25) is 0 Å². The number of halogens is 1. The maximum atomic E-state index is 12.5. The molecule has 1 aromatic carbocycles. The first-order valence-electron chi connectivity index (χ1n) is 6.63. The molecule has 2 rings (SSSR count). The van der Waals surface area contributed by atoms with E-state index in [2.05, 4.69) is 49.4 Å². The van der Waals surface area contributed by atoms with E-state index in [1.54, 1.807) is 0 Å². The van der Waals surface area contributed by atoms with Crippen molar-refractivity contribution < 1.29 is 4.79 Å². The number of amides is 1. The third-order valence-corrected chi connectivity index (χ3v) is 4.50. The molecule has 1 aliphatic heterocycles. The Morgan fingerprint density at radius 2 is 1.95 bits per heavy atom. The summed E-state index contributed by atoms with van der Waals surface area (Å²) in [5.41, 5.74) is 2.49. The van der Waals surface area contributed by atoms with Crippen molar-refractivity contribution >= 4 is 28.5 Å². The van der Waals surface area contributed by atoms with Gasteiger partial charge in [-0.05, 0) is 46.6 Å². The van der Waals surface area contributed by atoms with E-state index in [1.807, 2.05) is 29.2 Å². The van der Waals surface area contributed by atoms with Gasteiger partial charge in [0.1, 0.15) is 0 Å². The molecule has 0 aromatic heterocycles. The van der Waals surface area contributed by atoms with Crippen LogP contribution >= 0.6 is 22.6 Å². The van der Waals surface area contributed by atoms with Crippen molar-refractivity contribution in [1.29, 1.82) is 0 Å². The third kappa shape index (κ3) is 3.38. The second-order valence-electron chi connectivity index (χ2n) is 5.96. The van der Waals surface area contributed by atoms with Crippen LogP contribution in [0.4, 0.5) is 0 Å². The minimum atomic E-state index is 0.147. The zero-order chi connectivity index (χ0) is 14.0. The van der Waals surface area contributed by atoms with Crippen molar-refractivity contribution in [2.45, 2.75) is 27.2 Å². The highest BCUT2D eigenvalue weighted by molar-refractivity contribution is 14.1. The standard InChI is InChI=1S/C16H20INO/c1-16(2,3)12-8-10-18(11-9-12)15(19)13-6-4-5-7-14(13)17/h4-8H,9-11H2,1-3H3. The van der Waals surface area contributed by atoms with E-state index in [-0.39, 0.29) is 11.3 Å². The van der Waals surface area contributed by atoms with Gasteiger partial charge in [0.05, 0.1) is 5.56 Å². The van der Waals surface area contributed by atoms with Gasteiger partial charge in [0.2, 0.25) is 0 Å². The van der Waals surface area contributed by atoms with Gasteiger partial charge in [0.15, 0.2) is 0 Å². The van der Waals surface area contributed by atoms with Crippen LogP contribution in [0.5, 0.6) is 0 Å². The maximum Gasteiger partial charge on any atom is 0.255 e. The summed E-state index contributed by atoms with van der Waals surface area (Å²) in [6, 6.07) is 7.78. The van der Waals surface area contributed by atoms with Crippen LogP contribution in [0.1, 0.15) is 37.6 Å². The van der Waals surface area contributed by atoms with Crippen LogP contribution < -0.4 is 0 Å². The molecule has 0 atom stereocenters. The van der Waals surface area contributed by atoms with Crippen LogP contribution in [-0.2, 0) is 0 Å². The number of benzene rings is 1. The number of carbonyl (C=O) groups is 1. The molecule has 0 N–H and O–H groups in total. The summed E-state index contributed by atoms with van der Waals surface area (Å²) < 4.78 is 1.02. The molecule has 0 saturated carbocycles. The van der Waals surface area contributed by atoms with Crippen LogP contribution in [0.15, 0.2) is 35.9 Å². The normalized spacial score (nSPS) is 16.2. The van der Waals surface area contributed by atoms with Gasteiger partial charge in [-0.15, -0.1) is 0 Å². The van der Waals surface area contributed by atoms with E-state index in [1.165, 1.54) is 5.57 Å². The van der Waals surface area contributed by atoms with Crippen molar-refractivity contribution in [3.63, 3.8) is 0 Å². The van der Waals surface area contributed by atoms with Crippen LogP contribution in [0.3, 0.4) is 0 Å². The van der Waals surface area contributed by atoms with Gasteiger partial charge in [-0.2, -0.15) is 0 Å². The fourth-order valence-corrected chi connectivity index (χ4v) is 2.96. The molecule has 102 valence electrons. The summed E-state index contributed by atoms with van der Waals surface area (Å²) >= 11 is 2.23. The predicted molar refractivity (Wildman–Crippen MR) is 87.2 cm³/mol. The summed E-state index contributed by atoms with van der Waals surface area (Å²) in [7, 11) is 0. The molecule has 0 radical (unpaired) electrons. The topological polar surface area (TPSA) is 20.3 Å². The van der Waals surface area contributed by atoms with Crippen LogP contribution in [-0.4, -0.2) is 23.9 Å². The molecule has 0 unspecified atom stereocenters. The van der Waals surface area contributed by atoms with Gasteiger partial charge in [-0.1, -0.05) is 44.6 Å². The van der Waals surface area contributed by atoms with Gasteiger partial charge in [-0.3, -0.25) is 4.79 Å². The van der Waals surface area contributed by atoms with Gasteiger partial charge in [0.25, 0.3) is 5.91 Å². The van der Waals surface area contributed by atoms with E-state index < -0.39 is 0 Å². The van der Waals surface area contributed by atoms with Crippen molar-refractivity contribution in [2.24, 2.45) is 5.41 Å². The molecule has 1 aliphatic rings. The summed E-state index contributed by atoms with van der Waals surface area (Å²) in [5.74, 6) is 0.147. The molecular weight excluding hydrogens is 349 g/mol. The van der Waals surface area contributed by atoms with E-state index in [0.717, 1.165) is 28.6 Å². The monoisotopic (exact) mass is 369 g/mol. The zero-order valence-corrected chi connectivity index (χ0v) is 13.9. The maximum absolute atomic E-state index is 12.5. The van der Waals surface area contributed by atoms with Crippen molar-refractivity contribution in [3.8, 4) is 0 Å². The van der Waals surface area contributed by atoms with Crippen molar-refractivity contribution in [1.82, 2.24) is 4.90 Å². The summed E-state index contributed by atoms with van der Waals surface area (Å²) in [6.07, 6.45) is 3.20. The Labute approximate surface area is 129 Å². The smallest absolute Gasteiger partial charge is 0.255 e. The fourth-order valence-electron chi connectivity index (χ4n) is 2.34. The van der Waals surface area contributed by atoms with Crippen molar-refractivity contribution in [2.75, 3.05) is 13.1 Å². The Kier molecular flexibility index (Phi) is 4.33. The highest BCUT2D eigenvalue weighted by Gasteiger charge is 2.24. The minimum absolute atomic E-state index is 0.147. The number of carbonyl (C=O) groups excluding carboxylic acids is 1. The molecule has 1 heterocycles. The zero-order valence-electron chi connectivity index (χ0n) is 11.7. The number of rotatable bonds is 1. The number of nitrogens with zero attached hydrogens (tertiary/aromatic N) is 1. The lowest BCUT2D eigenvalue weighted by Crippen LogP contribution is -2.36. The Hall–Kier alpha value is -0.840. The SMILES string of the molecule is CC(C)(C)C1=CCN(C(=O)c2ccccc2I)CC1. The Bertz CT molecular complexity index is 514. The molecule has 0 spiro atoms. The molecule has 2 nitrogen and oxygen atoms in total. The Morgan fingerprint density at radius 1 is 1.26 bits per heavy atom. The fraction of sp³-hybridized carbons (Fsp3) is 0.438. The molecule has 19 heavy (non-hydrogen) atoms. The van der Waals surface area contributed by atoms with E-state index in [9.17, 15) is 4.79 Å². The number of hydrogen-bond acceptors (Lipinski definition) is 1. The first-order chi connectivity index (χ1) is 8.89. The average Bonchev–Trinajstić information content (AvgIpc) is 2.38. The second kappa shape index (κ2) is 5.65. The van der Waals surface area contributed by atoms with E-state index in [4.69, 9.17) is 0 Å². The molecule has 1 aromatic rings. The summed E-state index contributed by atoms with van der Waals surface area (Å²) in [4.78, 5) is 14.4. The molecular formula is C16H20INO. The second-order valence-corrected chi connectivity index (χ2v) is 7.12. The van der Waals surface area contributed by atoms with Gasteiger partial charge in [0, 0.05) is 16.7 Å². The lowest BCUT2D eigenvalue weighted by atomic mass is 9.83. The quantitative estimate of drug-likeness (QED) is 0.539. The Balaban J connectivity index is 2.13. The Morgan fingerprint density at radius 3 is 2.47 bits per heavy atom. The lowest BCUT2D eigenvalue weighted by molar-refractivity contribution is 0.0764. The highest BCUT2D eigenvalue weighted by atomic mass is 127. The molecule has 0 bridgehead atoms. The van der Waals surface area contributed by atoms with Crippen LogP contribution in [0, 0.1) is 8.99 Å². The van der Waals surface area contributed by atoms with Gasteiger partial charge >= 0.3 is 0 Å². The molecule has 3 heteroatoms. The largest absolute Gasteiger partial charge is 0.335 e. The van der Waals surface area contributed by atoms with Crippen LogP contribution in [0.25, 0.3) is 0 Å². The molecule has 1 amide bonds. The summed E-state index contributed by atoms with van der Waals surface area (Å²) in [5, 5.41) is 0. The highest BCUT2D eigenvalue weighted by Crippen LogP contribution is 2.30. The third-order valence-electron chi connectivity index (χ3n) is 3.56. The lowest BCUT2D eigenvalue weighted by Gasteiger charge is -2.32. The predicted octanol–water partition coefficient (Wildman–Crippen LogP) is 4.11. The van der Waals surface area contributed by atoms with Crippen molar-refractivity contribution in [3.05, 3.63) is 45.0 Å². The van der Waals surface area contributed by atoms with Gasteiger partial charge in [-0.25, -0.2) is 0 Å². The average molecular weight is 369 g/mol. The summed E-state index contributed by atoms with van der Waals surface area (Å²) in [6.45, 7) is 8.26. The first kappa shape index (κ1) is 14.6. The van der Waals surface area contributed by atoms with E-state index >= 15 is 0 Å². The molecule has 0 saturated heterocycles. The first-order valence-corrected chi connectivity index (χ1v) is 7.71. The number of hydrogen-bond donors (Lipinski definition) is 0. The molecule has 0 aliphatic carbocycles. The molecule has 0 fully saturated rings. The van der Waals surface area contributed by atoms with Gasteiger partial charge < -0.3 is 4.90 Å².